The highest BCUT2D eigenvalue weighted by atomic mass is 16.6. The molecule has 1 saturated heterocycles. The van der Waals surface area contributed by atoms with E-state index in [1.807, 2.05) is 109 Å². The molecule has 2 aliphatic rings. The molecule has 1 fully saturated rings. The Morgan fingerprint density at radius 2 is 1.22 bits per heavy atom. The summed E-state index contributed by atoms with van der Waals surface area (Å²) in [4.78, 5) is 28.1. The van der Waals surface area contributed by atoms with E-state index in [-0.39, 0.29) is 6.42 Å². The molecule has 1 unspecified atom stereocenters. The molecule has 0 amide bonds. The lowest BCUT2D eigenvalue weighted by Crippen LogP contribution is -2.44. The van der Waals surface area contributed by atoms with Crippen molar-refractivity contribution in [1.82, 2.24) is 0 Å². The number of benzene rings is 4. The number of rotatable bonds is 4. The Kier molecular flexibility index (Phi) is 5.15. The number of methoxy groups -OCH3 is 1. The second-order valence-corrected chi connectivity index (χ2v) is 9.20. The predicted molar refractivity (Wildman–Crippen MR) is 134 cm³/mol. The minimum absolute atomic E-state index is 0.0763. The average molecular weight is 477 g/mol. The molecule has 4 aromatic rings. The van der Waals surface area contributed by atoms with Gasteiger partial charge in [-0.2, -0.15) is 0 Å². The Bertz CT molecular complexity index is 1360. The van der Waals surface area contributed by atoms with Crippen molar-refractivity contribution in [1.29, 1.82) is 0 Å². The molecule has 4 aromatic carbocycles. The Morgan fingerprint density at radius 1 is 0.750 bits per heavy atom. The van der Waals surface area contributed by atoms with Crippen LogP contribution in [0.15, 0.2) is 109 Å². The van der Waals surface area contributed by atoms with E-state index in [1.165, 1.54) is 7.11 Å². The number of esters is 2. The number of fused-ring (bicyclic) bond motifs is 2. The molecular formula is C31H24O5. The van der Waals surface area contributed by atoms with Crippen molar-refractivity contribution in [2.24, 2.45) is 5.41 Å². The first-order valence-electron chi connectivity index (χ1n) is 11.9. The maximum absolute atomic E-state index is 14.2. The summed E-state index contributed by atoms with van der Waals surface area (Å²) in [6.07, 6.45) is 0.0763. The van der Waals surface area contributed by atoms with Gasteiger partial charge in [0.05, 0.1) is 7.11 Å². The van der Waals surface area contributed by atoms with Crippen LogP contribution in [0.4, 0.5) is 0 Å². The molecule has 2 aliphatic heterocycles. The van der Waals surface area contributed by atoms with E-state index < -0.39 is 28.9 Å². The maximum atomic E-state index is 14.2. The molecular weight excluding hydrogens is 452 g/mol. The molecule has 2 heterocycles. The molecule has 0 bridgehead atoms. The van der Waals surface area contributed by atoms with E-state index in [0.717, 1.165) is 22.3 Å². The predicted octanol–water partition coefficient (Wildman–Crippen LogP) is 5.97. The van der Waals surface area contributed by atoms with Crippen molar-refractivity contribution in [2.75, 3.05) is 7.11 Å². The molecule has 0 spiro atoms. The van der Waals surface area contributed by atoms with Gasteiger partial charge in [-0.05, 0) is 12.1 Å². The molecule has 6 rings (SSSR count). The average Bonchev–Trinajstić information content (AvgIpc) is 3.26. The summed E-state index contributed by atoms with van der Waals surface area (Å²) >= 11 is 0. The fourth-order valence-corrected chi connectivity index (χ4v) is 5.77. The van der Waals surface area contributed by atoms with Gasteiger partial charge in [0, 0.05) is 34.6 Å². The highest BCUT2D eigenvalue weighted by Gasteiger charge is 2.68. The normalized spacial score (nSPS) is 20.0. The third-order valence-electron chi connectivity index (χ3n) is 7.36. The lowest BCUT2D eigenvalue weighted by molar-refractivity contribution is -0.165. The van der Waals surface area contributed by atoms with E-state index in [4.69, 9.17) is 14.2 Å². The van der Waals surface area contributed by atoms with Crippen LogP contribution in [0.5, 0.6) is 11.5 Å². The SMILES string of the molecule is COC(=O)C1(C2c3ccccc3Oc3ccccc32)CC(c2ccccc2)(c2ccccc2)OC1=O. The van der Waals surface area contributed by atoms with Gasteiger partial charge in [0.15, 0.2) is 11.0 Å². The van der Waals surface area contributed by atoms with Gasteiger partial charge in [0.1, 0.15) is 11.5 Å². The Labute approximate surface area is 209 Å². The Morgan fingerprint density at radius 3 is 1.72 bits per heavy atom. The van der Waals surface area contributed by atoms with E-state index in [0.29, 0.717) is 11.5 Å². The van der Waals surface area contributed by atoms with Crippen LogP contribution < -0.4 is 4.74 Å². The van der Waals surface area contributed by atoms with Crippen LogP contribution in [0.1, 0.15) is 34.6 Å². The zero-order valence-corrected chi connectivity index (χ0v) is 19.7. The number of hydrogen-bond acceptors (Lipinski definition) is 5. The van der Waals surface area contributed by atoms with Gasteiger partial charge < -0.3 is 14.2 Å². The summed E-state index contributed by atoms with van der Waals surface area (Å²) in [5, 5.41) is 0. The van der Waals surface area contributed by atoms with Crippen LogP contribution >= 0.6 is 0 Å². The number of carbonyl (C=O) groups excluding carboxylic acids is 2. The van der Waals surface area contributed by atoms with Gasteiger partial charge in [0.25, 0.3) is 0 Å². The second-order valence-electron chi connectivity index (χ2n) is 9.20. The molecule has 5 heteroatoms. The third kappa shape index (κ3) is 3.09. The van der Waals surface area contributed by atoms with Crippen LogP contribution in [0, 0.1) is 5.41 Å². The van der Waals surface area contributed by atoms with Crippen LogP contribution in [0.3, 0.4) is 0 Å². The minimum atomic E-state index is -1.64. The minimum Gasteiger partial charge on any atom is -0.468 e. The number of carbonyl (C=O) groups is 2. The van der Waals surface area contributed by atoms with Crippen molar-refractivity contribution < 1.29 is 23.8 Å². The van der Waals surface area contributed by atoms with Crippen molar-refractivity contribution in [2.45, 2.75) is 17.9 Å². The van der Waals surface area contributed by atoms with E-state index >= 15 is 0 Å². The van der Waals surface area contributed by atoms with Crippen LogP contribution in [-0.2, 0) is 24.7 Å². The lowest BCUT2D eigenvalue weighted by Gasteiger charge is -2.37. The monoisotopic (exact) mass is 476 g/mol. The largest absolute Gasteiger partial charge is 0.468 e. The second kappa shape index (κ2) is 8.38. The quantitative estimate of drug-likeness (QED) is 0.268. The van der Waals surface area contributed by atoms with Crippen LogP contribution in [0.25, 0.3) is 0 Å². The Hall–Kier alpha value is -4.38. The first-order chi connectivity index (χ1) is 17.6. The number of ether oxygens (including phenoxy) is 3. The zero-order valence-electron chi connectivity index (χ0n) is 19.7. The first-order valence-corrected chi connectivity index (χ1v) is 11.9. The Balaban J connectivity index is 1.64. The summed E-state index contributed by atoms with van der Waals surface area (Å²) in [6, 6.07) is 34.2. The first kappa shape index (κ1) is 22.1. The van der Waals surface area contributed by atoms with Gasteiger partial charge in [-0.3, -0.25) is 9.59 Å². The molecule has 36 heavy (non-hydrogen) atoms. The number of hydrogen-bond donors (Lipinski definition) is 0. The molecule has 0 aromatic heterocycles. The summed E-state index contributed by atoms with van der Waals surface area (Å²) < 4.78 is 17.9. The summed E-state index contributed by atoms with van der Waals surface area (Å²) in [5.41, 5.74) is 0.269. The van der Waals surface area contributed by atoms with E-state index in [2.05, 4.69) is 0 Å². The van der Waals surface area contributed by atoms with Gasteiger partial charge >= 0.3 is 11.9 Å². The van der Waals surface area contributed by atoms with Gasteiger partial charge in [-0.1, -0.05) is 97.1 Å². The number of cyclic esters (lactones) is 1. The third-order valence-corrected chi connectivity index (χ3v) is 7.36. The van der Waals surface area contributed by atoms with Gasteiger partial charge in [-0.15, -0.1) is 0 Å². The van der Waals surface area contributed by atoms with E-state index in [1.54, 1.807) is 0 Å². The van der Waals surface area contributed by atoms with E-state index in [9.17, 15) is 9.59 Å². The van der Waals surface area contributed by atoms with Gasteiger partial charge in [-0.25, -0.2) is 0 Å². The molecule has 1 atom stereocenters. The standard InChI is InChI=1S/C31H24O5/c1-34-28(32)30(27-23-16-8-10-18-25(23)35-26-19-11-9-17-24(26)27)20-31(36-29(30)33,21-12-4-2-5-13-21)22-14-6-3-7-15-22/h2-19,27H,20H2,1H3. The van der Waals surface area contributed by atoms with Crippen LogP contribution in [0.2, 0.25) is 0 Å². The molecule has 0 aliphatic carbocycles. The summed E-state index contributed by atoms with van der Waals surface area (Å²) in [7, 11) is 1.32. The summed E-state index contributed by atoms with van der Waals surface area (Å²) in [5.74, 6) is -0.687. The smallest absolute Gasteiger partial charge is 0.325 e. The van der Waals surface area contributed by atoms with Crippen molar-refractivity contribution in [3.63, 3.8) is 0 Å². The molecule has 178 valence electrons. The molecule has 5 nitrogen and oxygen atoms in total. The summed E-state index contributed by atoms with van der Waals surface area (Å²) in [6.45, 7) is 0. The van der Waals surface area contributed by atoms with Crippen molar-refractivity contribution >= 4 is 11.9 Å². The maximum Gasteiger partial charge on any atom is 0.325 e. The highest BCUT2D eigenvalue weighted by Crippen LogP contribution is 2.61. The molecule has 0 saturated carbocycles. The zero-order chi connectivity index (χ0) is 24.8. The molecule has 0 radical (unpaired) electrons. The van der Waals surface area contributed by atoms with Crippen LogP contribution in [-0.4, -0.2) is 19.0 Å². The van der Waals surface area contributed by atoms with Gasteiger partial charge in [0.2, 0.25) is 0 Å². The van der Waals surface area contributed by atoms with Crippen molar-refractivity contribution in [3.8, 4) is 11.5 Å². The fourth-order valence-electron chi connectivity index (χ4n) is 5.77. The lowest BCUT2D eigenvalue weighted by atomic mass is 9.63. The fraction of sp³-hybridized carbons (Fsp3) is 0.161. The highest BCUT2D eigenvalue weighted by molar-refractivity contribution is 6.04. The number of para-hydroxylation sites is 2. The van der Waals surface area contributed by atoms with Crippen molar-refractivity contribution in [3.05, 3.63) is 131 Å². The molecule has 0 N–H and O–H groups in total. The topological polar surface area (TPSA) is 61.8 Å².